The number of halogens is 2. The lowest BCUT2D eigenvalue weighted by molar-refractivity contribution is 0.182. The number of nitrogens with one attached hydrogen (secondary N) is 1. The molecule has 3 aliphatic heterocycles. The number of anilines is 1. The van der Waals surface area contributed by atoms with Crippen LogP contribution in [0.1, 0.15) is 42.5 Å². The number of phenolic OH excluding ortho intramolecular Hbond substituents is 1. The van der Waals surface area contributed by atoms with E-state index >= 15 is 4.39 Å². The highest BCUT2D eigenvalue weighted by atomic mass is 32.2. The van der Waals surface area contributed by atoms with Crippen molar-refractivity contribution in [3.05, 3.63) is 46.9 Å². The van der Waals surface area contributed by atoms with Gasteiger partial charge in [-0.3, -0.25) is 0 Å². The molecular formula is C32H34F2N6O3S. The minimum atomic E-state index is -1.96. The summed E-state index contributed by atoms with van der Waals surface area (Å²) in [6.45, 7) is 2.48. The van der Waals surface area contributed by atoms with Crippen LogP contribution in [0, 0.1) is 23.6 Å². The summed E-state index contributed by atoms with van der Waals surface area (Å²) in [6.07, 6.45) is 9.75. The van der Waals surface area contributed by atoms with Gasteiger partial charge in [-0.1, -0.05) is 12.0 Å². The Morgan fingerprint density at radius 2 is 1.93 bits per heavy atom. The summed E-state index contributed by atoms with van der Waals surface area (Å²) in [5, 5.41) is 14.8. The summed E-state index contributed by atoms with van der Waals surface area (Å²) in [6, 6.07) is 5.92. The maximum absolute atomic E-state index is 17.0. The predicted octanol–water partition coefficient (Wildman–Crippen LogP) is 3.88. The van der Waals surface area contributed by atoms with Gasteiger partial charge in [-0.2, -0.15) is 14.3 Å². The Hall–Kier alpha value is -3.63. The topological polar surface area (TPSA) is 100 Å². The van der Waals surface area contributed by atoms with E-state index < -0.39 is 23.0 Å². The van der Waals surface area contributed by atoms with Crippen LogP contribution in [-0.4, -0.2) is 88.3 Å². The van der Waals surface area contributed by atoms with Crippen LogP contribution in [-0.2, 0) is 11.4 Å². The molecule has 1 aromatic heterocycles. The zero-order valence-electron chi connectivity index (χ0n) is 24.9. The molecule has 2 saturated heterocycles. The van der Waals surface area contributed by atoms with Crippen molar-refractivity contribution in [1.29, 1.82) is 0 Å². The molecule has 7 rings (SSSR count). The van der Waals surface area contributed by atoms with Crippen LogP contribution >= 0.6 is 0 Å². The van der Waals surface area contributed by atoms with E-state index in [-0.39, 0.29) is 62.1 Å². The van der Waals surface area contributed by atoms with E-state index in [0.717, 1.165) is 32.2 Å². The van der Waals surface area contributed by atoms with E-state index in [0.29, 0.717) is 30.9 Å². The van der Waals surface area contributed by atoms with Crippen molar-refractivity contribution in [2.45, 2.75) is 42.7 Å². The molecule has 3 aromatic rings. The maximum atomic E-state index is 17.0. The minimum Gasteiger partial charge on any atom is -0.588 e. The fourth-order valence-corrected chi connectivity index (χ4v) is 8.15. The average Bonchev–Trinajstić information content (AvgIpc) is 3.67. The van der Waals surface area contributed by atoms with Crippen LogP contribution in [0.4, 0.5) is 14.6 Å². The van der Waals surface area contributed by atoms with Crippen molar-refractivity contribution < 1.29 is 23.2 Å². The Labute approximate surface area is 258 Å². The van der Waals surface area contributed by atoms with Crippen molar-refractivity contribution in [2.24, 2.45) is 5.41 Å². The molecule has 0 radical (unpaired) electrons. The summed E-state index contributed by atoms with van der Waals surface area (Å²) < 4.78 is 53.6. The molecule has 1 saturated carbocycles. The summed E-state index contributed by atoms with van der Waals surface area (Å²) in [4.78, 5) is 13.6. The number of hydrogen-bond acceptors (Lipinski definition) is 9. The highest BCUT2D eigenvalue weighted by molar-refractivity contribution is 7.89. The number of piperazine rings is 1. The van der Waals surface area contributed by atoms with Gasteiger partial charge in [0.1, 0.15) is 28.6 Å². The van der Waals surface area contributed by atoms with Crippen LogP contribution < -0.4 is 15.0 Å². The first kappa shape index (κ1) is 29.1. The summed E-state index contributed by atoms with van der Waals surface area (Å²) in [5.41, 5.74) is -0.258. The maximum Gasteiger partial charge on any atom is 0.319 e. The summed E-state index contributed by atoms with van der Waals surface area (Å²) in [7, 11) is 5.52. The van der Waals surface area contributed by atoms with Gasteiger partial charge in [-0.25, -0.2) is 8.78 Å². The SMILES string of the molecule is C#Cc1c(F)ccc2cc(O)cc(C3=C(F)c4nc(OCC5(CN(C)C)CC5)nc(N5CC6CCC(C5)N6)c4[S+]([O-])N3C)c12. The minimum absolute atomic E-state index is 0.0156. The van der Waals surface area contributed by atoms with Crippen LogP contribution in [0.5, 0.6) is 11.8 Å². The Bertz CT molecular complexity index is 1730. The number of hydrogen-bond donors (Lipinski definition) is 2. The van der Waals surface area contributed by atoms with Gasteiger partial charge < -0.3 is 29.5 Å². The number of fused-ring (bicyclic) bond motifs is 4. The Kier molecular flexibility index (Phi) is 7.12. The summed E-state index contributed by atoms with van der Waals surface area (Å²) in [5.74, 6) is 1.13. The highest BCUT2D eigenvalue weighted by Crippen LogP contribution is 2.49. The second-order valence-corrected chi connectivity index (χ2v) is 14.1. The van der Waals surface area contributed by atoms with Crippen LogP contribution in [0.2, 0.25) is 0 Å². The third kappa shape index (κ3) is 4.92. The van der Waals surface area contributed by atoms with Gasteiger partial charge in [0.2, 0.25) is 0 Å². The van der Waals surface area contributed by atoms with Gasteiger partial charge >= 0.3 is 6.01 Å². The third-order valence-electron chi connectivity index (χ3n) is 9.06. The molecule has 2 bridgehead atoms. The zero-order chi connectivity index (χ0) is 30.9. The van der Waals surface area contributed by atoms with Crippen LogP contribution in [0.25, 0.3) is 22.3 Å². The van der Waals surface area contributed by atoms with Gasteiger partial charge in [-0.05, 0) is 63.4 Å². The molecule has 2 N–H and O–H groups in total. The lowest BCUT2D eigenvalue weighted by Crippen LogP contribution is -2.52. The van der Waals surface area contributed by atoms with Gasteiger partial charge in [0.25, 0.3) is 4.90 Å². The van der Waals surface area contributed by atoms with Gasteiger partial charge in [-0.15, -0.1) is 6.42 Å². The van der Waals surface area contributed by atoms with E-state index in [2.05, 4.69) is 26.0 Å². The molecule has 44 heavy (non-hydrogen) atoms. The smallest absolute Gasteiger partial charge is 0.319 e. The molecule has 9 nitrogen and oxygen atoms in total. The molecule has 2 aromatic carbocycles. The largest absolute Gasteiger partial charge is 0.588 e. The predicted molar refractivity (Wildman–Crippen MR) is 166 cm³/mol. The van der Waals surface area contributed by atoms with E-state index in [1.807, 2.05) is 14.1 Å². The Morgan fingerprint density at radius 1 is 1.20 bits per heavy atom. The first-order valence-electron chi connectivity index (χ1n) is 14.8. The lowest BCUT2D eigenvalue weighted by Gasteiger charge is -2.36. The molecule has 230 valence electrons. The number of benzene rings is 2. The standard InChI is InChI=1S/C32H34F2N6O3S/c1-5-22-24(33)9-6-18-12-21(41)13-23(25(18)22)28-26(34)27-29(44(42)39(28)4)30(40-14-19-7-8-20(15-40)35-19)37-31(36-27)43-17-32(10-11-32)16-38(2)3/h1,6,9,12-13,19-20,35,41H,7-8,10-11,14-17H2,2-4H3. The number of nitrogens with zero attached hydrogens (tertiary/aromatic N) is 5. The average molecular weight is 621 g/mol. The quantitative estimate of drug-likeness (QED) is 0.301. The monoisotopic (exact) mass is 620 g/mol. The molecule has 0 spiro atoms. The van der Waals surface area contributed by atoms with Crippen molar-refractivity contribution in [3.63, 3.8) is 0 Å². The Balaban J connectivity index is 1.40. The van der Waals surface area contributed by atoms with Gasteiger partial charge in [0, 0.05) is 48.1 Å². The highest BCUT2D eigenvalue weighted by Gasteiger charge is 2.46. The number of aromatic hydroxyl groups is 1. The second-order valence-electron chi connectivity index (χ2n) is 12.6. The van der Waals surface area contributed by atoms with Crippen molar-refractivity contribution in [2.75, 3.05) is 52.3 Å². The number of rotatable bonds is 7. The molecule has 1 aliphatic carbocycles. The van der Waals surface area contributed by atoms with Crippen molar-refractivity contribution in [1.82, 2.24) is 24.5 Å². The fraction of sp³-hybridized carbons (Fsp3) is 0.438. The number of phenols is 1. The van der Waals surface area contributed by atoms with E-state index in [1.54, 1.807) is 0 Å². The Morgan fingerprint density at radius 3 is 2.59 bits per heavy atom. The first-order chi connectivity index (χ1) is 21.1. The number of terminal acetylenes is 1. The molecule has 3 atom stereocenters. The van der Waals surface area contributed by atoms with E-state index in [9.17, 15) is 14.0 Å². The molecule has 0 amide bonds. The van der Waals surface area contributed by atoms with Crippen molar-refractivity contribution in [3.8, 4) is 24.1 Å². The van der Waals surface area contributed by atoms with Crippen LogP contribution in [0.15, 0.2) is 29.2 Å². The van der Waals surface area contributed by atoms with E-state index in [1.165, 1.54) is 35.6 Å². The lowest BCUT2D eigenvalue weighted by atomic mass is 9.95. The van der Waals surface area contributed by atoms with Gasteiger partial charge in [0.05, 0.1) is 19.2 Å². The molecule has 4 aliphatic rings. The molecule has 4 heterocycles. The molecular weight excluding hydrogens is 586 g/mol. The van der Waals surface area contributed by atoms with E-state index in [4.69, 9.17) is 16.1 Å². The molecule has 3 unspecified atom stereocenters. The normalized spacial score (nSPS) is 23.7. The molecule has 3 fully saturated rings. The second kappa shape index (κ2) is 10.8. The number of aromatic nitrogens is 2. The summed E-state index contributed by atoms with van der Waals surface area (Å²) >= 11 is -1.96. The van der Waals surface area contributed by atoms with Crippen LogP contribution in [0.3, 0.4) is 0 Å². The fourth-order valence-electron chi connectivity index (χ4n) is 6.90. The van der Waals surface area contributed by atoms with Crippen molar-refractivity contribution >= 4 is 39.5 Å². The van der Waals surface area contributed by atoms with Gasteiger partial charge in [0.15, 0.2) is 17.3 Å². The third-order valence-corrected chi connectivity index (χ3v) is 10.5. The molecule has 12 heteroatoms. The first-order valence-corrected chi connectivity index (χ1v) is 15.9. The number of ether oxygens (including phenoxy) is 1. The zero-order valence-corrected chi connectivity index (χ0v) is 25.7.